The lowest BCUT2D eigenvalue weighted by Gasteiger charge is -2.09. The first-order chi connectivity index (χ1) is 8.93. The molecule has 1 aromatic carbocycles. The van der Waals surface area contributed by atoms with E-state index in [0.29, 0.717) is 11.1 Å². The fraction of sp³-hybridized carbons (Fsp3) is 0.308. The van der Waals surface area contributed by atoms with Gasteiger partial charge in [-0.3, -0.25) is 0 Å². The number of hydrogen-bond donors (Lipinski definition) is 3. The molecule has 2 rings (SSSR count). The van der Waals surface area contributed by atoms with Crippen LogP contribution in [0.5, 0.6) is 17.2 Å². The lowest BCUT2D eigenvalue weighted by atomic mass is 10.1. The van der Waals surface area contributed by atoms with Crippen LogP contribution in [0.3, 0.4) is 0 Å². The number of aliphatic hydroxyl groups is 1. The molecule has 102 valence electrons. The Kier molecular flexibility index (Phi) is 3.35. The maximum atomic E-state index is 11.8. The van der Waals surface area contributed by atoms with Gasteiger partial charge in [-0.05, 0) is 19.1 Å². The van der Waals surface area contributed by atoms with E-state index in [4.69, 9.17) is 9.15 Å². The van der Waals surface area contributed by atoms with Gasteiger partial charge >= 0.3 is 5.63 Å². The highest BCUT2D eigenvalue weighted by Crippen LogP contribution is 2.40. The van der Waals surface area contributed by atoms with Crippen LogP contribution in [0.2, 0.25) is 0 Å². The van der Waals surface area contributed by atoms with Gasteiger partial charge in [0.1, 0.15) is 11.1 Å². The highest BCUT2D eigenvalue weighted by atomic mass is 16.5. The molecule has 0 fully saturated rings. The van der Waals surface area contributed by atoms with E-state index >= 15 is 0 Å². The van der Waals surface area contributed by atoms with Gasteiger partial charge in [0.2, 0.25) is 5.75 Å². The molecule has 0 amide bonds. The Morgan fingerprint density at radius 1 is 1.32 bits per heavy atom. The van der Waals surface area contributed by atoms with Crippen LogP contribution in [0.25, 0.3) is 10.8 Å². The van der Waals surface area contributed by atoms with Gasteiger partial charge in [-0.25, -0.2) is 4.79 Å². The summed E-state index contributed by atoms with van der Waals surface area (Å²) in [7, 11) is 1.34. The summed E-state index contributed by atoms with van der Waals surface area (Å²) in [6.07, 6.45) is -0.483. The summed E-state index contributed by atoms with van der Waals surface area (Å²) in [4.78, 5) is 11.8. The predicted octanol–water partition coefficient (Wildman–Crippen LogP) is 1.14. The zero-order valence-electron chi connectivity index (χ0n) is 10.5. The third kappa shape index (κ3) is 2.34. The van der Waals surface area contributed by atoms with E-state index in [-0.39, 0.29) is 17.6 Å². The van der Waals surface area contributed by atoms with E-state index < -0.39 is 23.2 Å². The maximum Gasteiger partial charge on any atom is 0.347 e. The minimum Gasteiger partial charge on any atom is -0.504 e. The van der Waals surface area contributed by atoms with E-state index in [9.17, 15) is 20.1 Å². The summed E-state index contributed by atoms with van der Waals surface area (Å²) in [5, 5.41) is 29.0. The zero-order valence-corrected chi connectivity index (χ0v) is 10.5. The lowest BCUT2D eigenvalue weighted by molar-refractivity contribution is 0.186. The molecule has 1 aromatic heterocycles. The van der Waals surface area contributed by atoms with Crippen molar-refractivity contribution in [1.29, 1.82) is 0 Å². The summed E-state index contributed by atoms with van der Waals surface area (Å²) in [6.45, 7) is 1.57. The van der Waals surface area contributed by atoms with Gasteiger partial charge in [0, 0.05) is 11.8 Å². The lowest BCUT2D eigenvalue weighted by Crippen LogP contribution is -2.09. The first-order valence-corrected chi connectivity index (χ1v) is 5.67. The zero-order chi connectivity index (χ0) is 14.2. The van der Waals surface area contributed by atoms with Crippen molar-refractivity contribution in [2.45, 2.75) is 19.4 Å². The number of aromatic hydroxyl groups is 2. The van der Waals surface area contributed by atoms with E-state index in [1.54, 1.807) is 6.92 Å². The molecule has 0 spiro atoms. The second-order valence-electron chi connectivity index (χ2n) is 4.29. The van der Waals surface area contributed by atoms with E-state index in [2.05, 4.69) is 0 Å². The fourth-order valence-corrected chi connectivity index (χ4v) is 1.90. The Labute approximate surface area is 108 Å². The van der Waals surface area contributed by atoms with Crippen LogP contribution in [-0.2, 0) is 6.42 Å². The van der Waals surface area contributed by atoms with Crippen LogP contribution in [0.1, 0.15) is 12.7 Å². The van der Waals surface area contributed by atoms with Crippen LogP contribution in [0.15, 0.2) is 21.3 Å². The molecule has 3 N–H and O–H groups in total. The number of methoxy groups -OCH3 is 1. The molecule has 6 heteroatoms. The number of aliphatic hydroxyl groups excluding tert-OH is 1. The van der Waals surface area contributed by atoms with Crippen molar-refractivity contribution in [3.05, 3.63) is 28.3 Å². The van der Waals surface area contributed by atoms with E-state index in [1.165, 1.54) is 19.2 Å². The highest BCUT2D eigenvalue weighted by molar-refractivity contribution is 5.91. The molecule has 0 saturated heterocycles. The van der Waals surface area contributed by atoms with Gasteiger partial charge in [0.25, 0.3) is 0 Å². The van der Waals surface area contributed by atoms with E-state index in [1.807, 2.05) is 0 Å². The number of fused-ring (bicyclic) bond motifs is 1. The summed E-state index contributed by atoms with van der Waals surface area (Å²) in [6, 6.07) is 2.94. The van der Waals surface area contributed by atoms with Gasteiger partial charge in [-0.1, -0.05) is 0 Å². The average molecular weight is 266 g/mol. The van der Waals surface area contributed by atoms with Gasteiger partial charge < -0.3 is 24.5 Å². The Morgan fingerprint density at radius 3 is 2.58 bits per heavy atom. The fourth-order valence-electron chi connectivity index (χ4n) is 1.90. The molecule has 0 aliphatic rings. The van der Waals surface area contributed by atoms with Gasteiger partial charge in [0.05, 0.1) is 13.2 Å². The second-order valence-corrected chi connectivity index (χ2v) is 4.29. The molecule has 1 atom stereocenters. The first-order valence-electron chi connectivity index (χ1n) is 5.67. The topological polar surface area (TPSA) is 100 Å². The van der Waals surface area contributed by atoms with Crippen molar-refractivity contribution in [1.82, 2.24) is 0 Å². The number of ether oxygens (including phenoxy) is 1. The van der Waals surface area contributed by atoms with Crippen LogP contribution >= 0.6 is 0 Å². The van der Waals surface area contributed by atoms with Crippen LogP contribution < -0.4 is 10.4 Å². The SMILES string of the molecule is COc1cc2cc(C[C@H](C)O)oc(=O)c2c(O)c1O. The molecule has 6 nitrogen and oxygen atoms in total. The number of phenolic OH excluding ortho intramolecular Hbond substituents is 2. The molecule has 0 radical (unpaired) electrons. The summed E-state index contributed by atoms with van der Waals surface area (Å²) < 4.78 is 9.89. The summed E-state index contributed by atoms with van der Waals surface area (Å²) in [5.41, 5.74) is -0.774. The second kappa shape index (κ2) is 4.81. The van der Waals surface area contributed by atoms with Crippen molar-refractivity contribution in [2.75, 3.05) is 7.11 Å². The summed E-state index contributed by atoms with van der Waals surface area (Å²) in [5.74, 6) is -0.740. The Balaban J connectivity index is 2.74. The third-order valence-electron chi connectivity index (χ3n) is 2.73. The van der Waals surface area contributed by atoms with Gasteiger partial charge in [-0.2, -0.15) is 0 Å². The molecule has 0 saturated carbocycles. The molecule has 0 bridgehead atoms. The van der Waals surface area contributed by atoms with Crippen LogP contribution in [0.4, 0.5) is 0 Å². The molecular weight excluding hydrogens is 252 g/mol. The maximum absolute atomic E-state index is 11.8. The molecule has 0 aliphatic carbocycles. The van der Waals surface area contributed by atoms with Crippen molar-refractivity contribution in [3.63, 3.8) is 0 Å². The molecule has 2 aromatic rings. The van der Waals surface area contributed by atoms with Crippen molar-refractivity contribution >= 4 is 10.8 Å². The summed E-state index contributed by atoms with van der Waals surface area (Å²) >= 11 is 0. The molecular formula is C13H14O6. The van der Waals surface area contributed by atoms with Crippen LogP contribution in [0, 0.1) is 0 Å². The largest absolute Gasteiger partial charge is 0.504 e. The minimum absolute atomic E-state index is 0.0543. The van der Waals surface area contributed by atoms with Crippen molar-refractivity contribution < 1.29 is 24.5 Å². The number of phenols is 2. The number of benzene rings is 1. The normalized spacial score (nSPS) is 12.6. The average Bonchev–Trinajstić information content (AvgIpc) is 2.32. The Morgan fingerprint density at radius 2 is 2.00 bits per heavy atom. The third-order valence-corrected chi connectivity index (χ3v) is 2.73. The highest BCUT2D eigenvalue weighted by Gasteiger charge is 2.17. The monoisotopic (exact) mass is 266 g/mol. The molecule has 0 unspecified atom stereocenters. The van der Waals surface area contributed by atoms with Crippen LogP contribution in [-0.4, -0.2) is 28.5 Å². The van der Waals surface area contributed by atoms with Gasteiger partial charge in [-0.15, -0.1) is 0 Å². The Hall–Kier alpha value is -2.21. The number of hydrogen-bond acceptors (Lipinski definition) is 6. The first kappa shape index (κ1) is 13.2. The quantitative estimate of drug-likeness (QED) is 0.720. The predicted molar refractivity (Wildman–Crippen MR) is 67.8 cm³/mol. The Bertz CT molecular complexity index is 671. The van der Waals surface area contributed by atoms with Crippen molar-refractivity contribution in [3.8, 4) is 17.2 Å². The molecule has 19 heavy (non-hydrogen) atoms. The number of rotatable bonds is 3. The molecule has 0 aliphatic heterocycles. The standard InChI is InChI=1S/C13H14O6/c1-6(14)3-8-4-7-5-9(18-2)11(15)12(16)10(7)13(17)19-8/h4-6,14-16H,3H2,1-2H3/t6-/m0/s1. The van der Waals surface area contributed by atoms with Crippen molar-refractivity contribution in [2.24, 2.45) is 0 Å². The van der Waals surface area contributed by atoms with Gasteiger partial charge in [0.15, 0.2) is 11.5 Å². The van der Waals surface area contributed by atoms with E-state index in [0.717, 1.165) is 0 Å². The minimum atomic E-state index is -0.774. The smallest absolute Gasteiger partial charge is 0.347 e. The molecule has 1 heterocycles.